The van der Waals surface area contributed by atoms with Gasteiger partial charge in [-0.05, 0) is 37.0 Å². The molecule has 2 aliphatic rings. The normalized spacial score (nSPS) is 30.0. The van der Waals surface area contributed by atoms with Gasteiger partial charge in [0, 0.05) is 18.8 Å². The van der Waals surface area contributed by atoms with Crippen molar-refractivity contribution in [2.24, 2.45) is 23.2 Å². The monoisotopic (exact) mass is 498 g/mol. The summed E-state index contributed by atoms with van der Waals surface area (Å²) in [5, 5.41) is 10.0. The first-order valence-electron chi connectivity index (χ1n) is 9.16. The van der Waals surface area contributed by atoms with E-state index in [9.17, 15) is 62.6 Å². The molecule has 4 unspecified atom stereocenters. The number of carbonyl (C=O) groups is 1. The summed E-state index contributed by atoms with van der Waals surface area (Å²) in [6, 6.07) is 0. The van der Waals surface area contributed by atoms with E-state index in [1.165, 1.54) is 6.92 Å². The Bertz CT molecular complexity index is 703. The van der Waals surface area contributed by atoms with Crippen molar-refractivity contribution in [1.29, 1.82) is 0 Å². The lowest BCUT2D eigenvalue weighted by atomic mass is 9.59. The van der Waals surface area contributed by atoms with Crippen LogP contribution in [0.1, 0.15) is 39.5 Å². The minimum Gasteiger partial charge on any atom is -0.440 e. The highest BCUT2D eigenvalue weighted by Crippen LogP contribution is 2.72. The standard InChI is InChI=1S/C17H18F12O3/c1-7-4-11(13(31,16(24,25)26)17(27,28)29)5-9(7)3-10(11)6-12(14(18,19)20,15(21,22)23)32-8(2)30/h7,9-10,31H,3-6H2,1-2H3. The van der Waals surface area contributed by atoms with Crippen molar-refractivity contribution in [3.8, 4) is 0 Å². The lowest BCUT2D eigenvalue weighted by Crippen LogP contribution is -2.69. The quantitative estimate of drug-likeness (QED) is 0.399. The molecular formula is C17H18F12O3. The topological polar surface area (TPSA) is 46.5 Å². The van der Waals surface area contributed by atoms with Crippen LogP contribution in [0.5, 0.6) is 0 Å². The average Bonchev–Trinajstić information content (AvgIpc) is 3.03. The zero-order valence-corrected chi connectivity index (χ0v) is 16.4. The van der Waals surface area contributed by atoms with Gasteiger partial charge < -0.3 is 9.84 Å². The van der Waals surface area contributed by atoms with E-state index in [1.807, 2.05) is 0 Å². The summed E-state index contributed by atoms with van der Waals surface area (Å²) < 4.78 is 167. The molecule has 2 saturated carbocycles. The summed E-state index contributed by atoms with van der Waals surface area (Å²) in [4.78, 5) is 11.1. The maximum absolute atomic E-state index is 13.6. The molecule has 0 aromatic rings. The summed E-state index contributed by atoms with van der Waals surface area (Å²) in [5.41, 5.74) is -14.4. The number of alkyl halides is 12. The zero-order chi connectivity index (χ0) is 25.3. The van der Waals surface area contributed by atoms with E-state index in [2.05, 4.69) is 4.74 Å². The third-order valence-corrected chi connectivity index (χ3v) is 6.79. The number of esters is 1. The van der Waals surface area contributed by atoms with Crippen molar-refractivity contribution < 1.29 is 67.3 Å². The minimum atomic E-state index is -6.46. The van der Waals surface area contributed by atoms with Gasteiger partial charge in [0.25, 0.3) is 5.60 Å². The van der Waals surface area contributed by atoms with Crippen LogP contribution in [0.3, 0.4) is 0 Å². The molecule has 0 radical (unpaired) electrons. The van der Waals surface area contributed by atoms with Gasteiger partial charge in [-0.25, -0.2) is 0 Å². The number of halogens is 12. The molecule has 0 heterocycles. The van der Waals surface area contributed by atoms with Crippen molar-refractivity contribution in [3.05, 3.63) is 0 Å². The Balaban J connectivity index is 2.74. The fraction of sp³-hybridized carbons (Fsp3) is 0.941. The number of hydrogen-bond donors (Lipinski definition) is 1. The molecule has 2 bridgehead atoms. The zero-order valence-electron chi connectivity index (χ0n) is 16.4. The fourth-order valence-electron chi connectivity index (χ4n) is 5.47. The summed E-state index contributed by atoms with van der Waals surface area (Å²) in [6.07, 6.45) is -31.3. The van der Waals surface area contributed by atoms with Crippen molar-refractivity contribution in [3.63, 3.8) is 0 Å². The smallest absolute Gasteiger partial charge is 0.437 e. The summed E-state index contributed by atoms with van der Waals surface area (Å²) in [7, 11) is 0. The van der Waals surface area contributed by atoms with Gasteiger partial charge in [-0.1, -0.05) is 6.92 Å². The second-order valence-electron chi connectivity index (χ2n) is 8.56. The molecule has 1 N–H and O–H groups in total. The molecule has 2 aliphatic carbocycles. The predicted octanol–water partition coefficient (Wildman–Crippen LogP) is 5.71. The van der Waals surface area contributed by atoms with Crippen LogP contribution in [0.2, 0.25) is 0 Å². The van der Waals surface area contributed by atoms with E-state index in [-0.39, 0.29) is 6.92 Å². The number of carbonyl (C=O) groups excluding carboxylic acids is 1. The number of aliphatic hydroxyl groups is 1. The third kappa shape index (κ3) is 3.61. The first-order valence-corrected chi connectivity index (χ1v) is 9.16. The van der Waals surface area contributed by atoms with Crippen LogP contribution >= 0.6 is 0 Å². The van der Waals surface area contributed by atoms with Crippen LogP contribution in [0.15, 0.2) is 0 Å². The molecule has 0 aromatic carbocycles. The Hall–Kier alpha value is -1.41. The minimum absolute atomic E-state index is 0.187. The van der Waals surface area contributed by atoms with Gasteiger partial charge in [0.15, 0.2) is 0 Å². The highest BCUT2D eigenvalue weighted by atomic mass is 19.4. The van der Waals surface area contributed by atoms with Crippen LogP contribution in [0.4, 0.5) is 52.7 Å². The van der Waals surface area contributed by atoms with Gasteiger partial charge in [-0.3, -0.25) is 4.79 Å². The molecule has 32 heavy (non-hydrogen) atoms. The molecule has 0 amide bonds. The van der Waals surface area contributed by atoms with E-state index in [4.69, 9.17) is 0 Å². The molecule has 2 rings (SSSR count). The van der Waals surface area contributed by atoms with E-state index in [1.54, 1.807) is 0 Å². The summed E-state index contributed by atoms with van der Waals surface area (Å²) in [5.74, 6) is -6.71. The van der Waals surface area contributed by atoms with Gasteiger partial charge in [0.2, 0.25) is 0 Å². The predicted molar refractivity (Wildman–Crippen MR) is 80.7 cm³/mol. The molecule has 0 aliphatic heterocycles. The van der Waals surface area contributed by atoms with E-state index in [0.29, 0.717) is 0 Å². The van der Waals surface area contributed by atoms with Crippen LogP contribution in [-0.2, 0) is 9.53 Å². The second kappa shape index (κ2) is 7.29. The molecule has 4 atom stereocenters. The highest BCUT2D eigenvalue weighted by Gasteiger charge is 2.85. The summed E-state index contributed by atoms with van der Waals surface area (Å²) >= 11 is 0. The van der Waals surface area contributed by atoms with Crippen molar-refractivity contribution in [1.82, 2.24) is 0 Å². The lowest BCUT2D eigenvalue weighted by Gasteiger charge is -2.51. The van der Waals surface area contributed by atoms with Crippen molar-refractivity contribution in [2.45, 2.75) is 75.4 Å². The molecule has 0 aromatic heterocycles. The number of hydrogen-bond acceptors (Lipinski definition) is 3. The van der Waals surface area contributed by atoms with Gasteiger partial charge in [0.1, 0.15) is 0 Å². The second-order valence-corrected chi connectivity index (χ2v) is 8.56. The molecule has 15 heteroatoms. The Morgan fingerprint density at radius 3 is 1.62 bits per heavy atom. The number of fused-ring (bicyclic) bond motifs is 2. The Kier molecular flexibility index (Phi) is 6.12. The first-order chi connectivity index (χ1) is 14.0. The van der Waals surface area contributed by atoms with E-state index < -0.39 is 90.7 Å². The third-order valence-electron chi connectivity index (χ3n) is 6.79. The van der Waals surface area contributed by atoms with Crippen molar-refractivity contribution in [2.75, 3.05) is 0 Å². The maximum atomic E-state index is 13.6. The van der Waals surface area contributed by atoms with E-state index >= 15 is 0 Å². The van der Waals surface area contributed by atoms with Gasteiger partial charge in [-0.15, -0.1) is 0 Å². The first kappa shape index (κ1) is 26.8. The van der Waals surface area contributed by atoms with Crippen LogP contribution < -0.4 is 0 Å². The molecular weight excluding hydrogens is 480 g/mol. The highest BCUT2D eigenvalue weighted by molar-refractivity contribution is 5.66. The fourth-order valence-corrected chi connectivity index (χ4v) is 5.47. The van der Waals surface area contributed by atoms with E-state index in [0.717, 1.165) is 0 Å². The molecule has 188 valence electrons. The molecule has 0 spiro atoms. The van der Waals surface area contributed by atoms with Crippen molar-refractivity contribution >= 4 is 5.97 Å². The Morgan fingerprint density at radius 1 is 0.875 bits per heavy atom. The Morgan fingerprint density at radius 2 is 1.31 bits per heavy atom. The van der Waals surface area contributed by atoms with Crippen LogP contribution in [0.25, 0.3) is 0 Å². The van der Waals surface area contributed by atoms with Crippen LogP contribution in [-0.4, -0.2) is 47.0 Å². The molecule has 3 nitrogen and oxygen atoms in total. The molecule has 0 saturated heterocycles. The number of rotatable bonds is 4. The maximum Gasteiger partial charge on any atom is 0.437 e. The van der Waals surface area contributed by atoms with Gasteiger partial charge in [0.05, 0.1) is 0 Å². The molecule has 2 fully saturated rings. The lowest BCUT2D eigenvalue weighted by molar-refractivity contribution is -0.414. The van der Waals surface area contributed by atoms with Gasteiger partial charge in [-0.2, -0.15) is 52.7 Å². The Labute approximate surface area is 173 Å². The summed E-state index contributed by atoms with van der Waals surface area (Å²) in [6.45, 7) is 1.38. The average molecular weight is 498 g/mol. The number of ether oxygens (including phenoxy) is 1. The SMILES string of the molecule is CC(=O)OC(CC1CC2CC1(C(O)(C(F)(F)F)C(F)(F)F)CC2C)(C(F)(F)F)C(F)(F)F. The van der Waals surface area contributed by atoms with Gasteiger partial charge >= 0.3 is 36.3 Å². The largest absolute Gasteiger partial charge is 0.440 e. The van der Waals surface area contributed by atoms with Crippen LogP contribution in [0, 0.1) is 23.2 Å².